The summed E-state index contributed by atoms with van der Waals surface area (Å²) in [6.45, 7) is 3.79. The van der Waals surface area contributed by atoms with Crippen LogP contribution in [0.25, 0.3) is 0 Å². The lowest BCUT2D eigenvalue weighted by Gasteiger charge is -2.41. The highest BCUT2D eigenvalue weighted by Gasteiger charge is 2.51. The van der Waals surface area contributed by atoms with Crippen molar-refractivity contribution in [3.63, 3.8) is 0 Å². The van der Waals surface area contributed by atoms with E-state index in [0.29, 0.717) is 12.8 Å². The van der Waals surface area contributed by atoms with Gasteiger partial charge in [-0.15, -0.1) is 0 Å². The maximum Gasteiger partial charge on any atom is 0.472 e. The van der Waals surface area contributed by atoms with Gasteiger partial charge in [0.25, 0.3) is 0 Å². The van der Waals surface area contributed by atoms with Gasteiger partial charge in [0.15, 0.2) is 0 Å². The standard InChI is InChI=1S/C47H92NO12P/c1-3-5-7-9-11-13-15-17-19-21-23-25-27-29-31-33-35-40(50)39(37-59-61(57,58)60-47-45(55)43(53)42(52)44(54)46(47)56)48-41(51)36-38(49)34-32-30-28-26-24-22-20-18-16-14-12-10-8-6-4-2/h18,20,38-40,42-47,49-50,52-56H,3-17,19,21-37H2,1-2H3,(H,48,51)(H,57,58)/b20-18-. The molecule has 362 valence electrons. The van der Waals surface area contributed by atoms with E-state index in [1.165, 1.54) is 109 Å². The van der Waals surface area contributed by atoms with Crippen LogP contribution in [0.15, 0.2) is 12.2 Å². The van der Waals surface area contributed by atoms with Gasteiger partial charge in [-0.1, -0.05) is 187 Å². The summed E-state index contributed by atoms with van der Waals surface area (Å²) in [6, 6.07) is -1.15. The number of aliphatic hydroxyl groups is 7. The maximum atomic E-state index is 13.0. The molecule has 1 fully saturated rings. The second kappa shape index (κ2) is 37.3. The summed E-state index contributed by atoms with van der Waals surface area (Å²) in [6.07, 6.45) is 25.4. The SMILES string of the molecule is CCCCCCCC/C=C\CCCCCCCC(O)CC(=O)NC(COP(=O)(O)OC1C(O)C(O)C(O)C(O)C1O)C(O)CCCCCCCCCCCCCCCCCC. The van der Waals surface area contributed by atoms with Gasteiger partial charge in [-0.2, -0.15) is 0 Å². The average Bonchev–Trinajstić information content (AvgIpc) is 3.23. The van der Waals surface area contributed by atoms with Gasteiger partial charge in [-0.05, 0) is 38.5 Å². The minimum absolute atomic E-state index is 0.225. The van der Waals surface area contributed by atoms with Crippen LogP contribution in [0, 0.1) is 0 Å². The Labute approximate surface area is 370 Å². The first kappa shape index (κ1) is 58.1. The van der Waals surface area contributed by atoms with Gasteiger partial charge in [0.05, 0.1) is 31.3 Å². The zero-order chi connectivity index (χ0) is 45.1. The van der Waals surface area contributed by atoms with Gasteiger partial charge in [0.1, 0.15) is 36.6 Å². The number of carbonyl (C=O) groups excluding carboxylic acids is 1. The quantitative estimate of drug-likeness (QED) is 0.0160. The van der Waals surface area contributed by atoms with Crippen LogP contribution in [0.1, 0.15) is 219 Å². The molecule has 1 amide bonds. The molecule has 0 radical (unpaired) electrons. The molecule has 0 aromatic carbocycles. The van der Waals surface area contributed by atoms with Crippen LogP contribution in [0.3, 0.4) is 0 Å². The third-order valence-corrected chi connectivity index (χ3v) is 13.1. The number of hydrogen-bond donors (Lipinski definition) is 9. The summed E-state index contributed by atoms with van der Waals surface area (Å²) in [5.41, 5.74) is 0. The molecule has 0 aromatic rings. The molecule has 0 aromatic heterocycles. The van der Waals surface area contributed by atoms with Crippen molar-refractivity contribution in [3.8, 4) is 0 Å². The van der Waals surface area contributed by atoms with Crippen LogP contribution in [-0.2, 0) is 18.4 Å². The molecule has 14 heteroatoms. The topological polar surface area (TPSA) is 226 Å². The van der Waals surface area contributed by atoms with Crippen molar-refractivity contribution in [2.75, 3.05) is 6.61 Å². The molecule has 1 aliphatic carbocycles. The van der Waals surface area contributed by atoms with E-state index in [0.717, 1.165) is 70.6 Å². The van der Waals surface area contributed by atoms with Crippen molar-refractivity contribution >= 4 is 13.7 Å². The number of aliphatic hydroxyl groups excluding tert-OH is 7. The zero-order valence-electron chi connectivity index (χ0n) is 38.3. The molecule has 1 aliphatic rings. The van der Waals surface area contributed by atoms with E-state index >= 15 is 0 Å². The first-order valence-corrected chi connectivity index (χ1v) is 26.2. The average molecular weight is 894 g/mol. The molecule has 8 atom stereocenters. The van der Waals surface area contributed by atoms with Crippen LogP contribution < -0.4 is 5.32 Å². The molecule has 1 rings (SSSR count). The molecule has 1 saturated carbocycles. The summed E-state index contributed by atoms with van der Waals surface area (Å²) in [5.74, 6) is -0.563. The molecule has 8 unspecified atom stereocenters. The maximum absolute atomic E-state index is 13.0. The molecule has 61 heavy (non-hydrogen) atoms. The van der Waals surface area contributed by atoms with Gasteiger partial charge >= 0.3 is 7.82 Å². The third kappa shape index (κ3) is 29.2. The Morgan fingerprint density at radius 2 is 0.918 bits per heavy atom. The lowest BCUT2D eigenvalue weighted by Crippen LogP contribution is -2.64. The summed E-state index contributed by atoms with van der Waals surface area (Å²) >= 11 is 0. The highest BCUT2D eigenvalue weighted by atomic mass is 31.2. The second-order valence-electron chi connectivity index (χ2n) is 17.9. The normalized spacial score (nSPS) is 23.2. The molecule has 0 aliphatic heterocycles. The first-order chi connectivity index (χ1) is 29.3. The number of unbranched alkanes of at least 4 members (excludes halogenated alkanes) is 26. The predicted molar refractivity (Wildman–Crippen MR) is 243 cm³/mol. The van der Waals surface area contributed by atoms with E-state index in [1.807, 2.05) is 0 Å². The Morgan fingerprint density at radius 1 is 0.557 bits per heavy atom. The fourth-order valence-electron chi connectivity index (χ4n) is 8.06. The Kier molecular flexibility index (Phi) is 35.5. The monoisotopic (exact) mass is 894 g/mol. The van der Waals surface area contributed by atoms with Crippen LogP contribution in [0.4, 0.5) is 0 Å². The van der Waals surface area contributed by atoms with Gasteiger partial charge in [0.2, 0.25) is 5.91 Å². The van der Waals surface area contributed by atoms with E-state index in [-0.39, 0.29) is 12.8 Å². The van der Waals surface area contributed by atoms with E-state index in [1.54, 1.807) is 0 Å². The number of allylic oxidation sites excluding steroid dienone is 2. The van der Waals surface area contributed by atoms with Crippen molar-refractivity contribution in [2.45, 2.75) is 274 Å². The lowest BCUT2D eigenvalue weighted by molar-refractivity contribution is -0.220. The number of nitrogens with one attached hydrogen (secondary N) is 1. The Bertz CT molecular complexity index is 1100. The molecule has 0 saturated heterocycles. The fraction of sp³-hybridized carbons (Fsp3) is 0.936. The van der Waals surface area contributed by atoms with Crippen LogP contribution >= 0.6 is 7.82 Å². The molecule has 13 nitrogen and oxygen atoms in total. The Hall–Kier alpha value is -0.960. The Morgan fingerprint density at radius 3 is 1.34 bits per heavy atom. The van der Waals surface area contributed by atoms with Gasteiger partial charge in [0, 0.05) is 0 Å². The number of hydrogen-bond acceptors (Lipinski definition) is 11. The molecule has 0 bridgehead atoms. The third-order valence-electron chi connectivity index (χ3n) is 12.1. The molecule has 9 N–H and O–H groups in total. The second-order valence-corrected chi connectivity index (χ2v) is 19.3. The van der Waals surface area contributed by atoms with Crippen molar-refractivity contribution in [2.24, 2.45) is 0 Å². The lowest BCUT2D eigenvalue weighted by atomic mass is 9.85. The van der Waals surface area contributed by atoms with Crippen LogP contribution in [0.2, 0.25) is 0 Å². The number of phosphoric acid groups is 1. The smallest absolute Gasteiger partial charge is 0.393 e. The highest BCUT2D eigenvalue weighted by molar-refractivity contribution is 7.47. The highest BCUT2D eigenvalue weighted by Crippen LogP contribution is 2.47. The molecular formula is C47H92NO12P. The van der Waals surface area contributed by atoms with Gasteiger partial charge in [-0.25, -0.2) is 4.57 Å². The number of carbonyl (C=O) groups is 1. The van der Waals surface area contributed by atoms with Crippen molar-refractivity contribution in [1.29, 1.82) is 0 Å². The van der Waals surface area contributed by atoms with Crippen LogP contribution in [-0.4, -0.2) is 108 Å². The minimum atomic E-state index is -5.12. The van der Waals surface area contributed by atoms with Crippen molar-refractivity contribution in [1.82, 2.24) is 5.32 Å². The number of phosphoric ester groups is 1. The molecular weight excluding hydrogens is 801 g/mol. The molecule has 0 spiro atoms. The Balaban J connectivity index is 2.50. The van der Waals surface area contributed by atoms with Crippen molar-refractivity contribution in [3.05, 3.63) is 12.2 Å². The fourth-order valence-corrected chi connectivity index (χ4v) is 9.03. The summed E-state index contributed by atoms with van der Waals surface area (Å²) < 4.78 is 23.0. The summed E-state index contributed by atoms with van der Waals surface area (Å²) in [5, 5.41) is 74.7. The number of amides is 1. The van der Waals surface area contributed by atoms with E-state index in [2.05, 4.69) is 31.3 Å². The van der Waals surface area contributed by atoms with Gasteiger partial charge < -0.3 is 46.0 Å². The molecule has 0 heterocycles. The largest absolute Gasteiger partial charge is 0.472 e. The minimum Gasteiger partial charge on any atom is -0.393 e. The summed E-state index contributed by atoms with van der Waals surface area (Å²) in [7, 11) is -5.12. The van der Waals surface area contributed by atoms with E-state index in [9.17, 15) is 50.0 Å². The van der Waals surface area contributed by atoms with Crippen molar-refractivity contribution < 1.29 is 59.0 Å². The zero-order valence-corrected chi connectivity index (χ0v) is 39.2. The first-order valence-electron chi connectivity index (χ1n) is 24.7. The van der Waals surface area contributed by atoms with Crippen LogP contribution in [0.5, 0.6) is 0 Å². The number of rotatable bonds is 41. The summed E-state index contributed by atoms with van der Waals surface area (Å²) in [4.78, 5) is 23.5. The van der Waals surface area contributed by atoms with E-state index < -0.39 is 75.2 Å². The van der Waals surface area contributed by atoms with E-state index in [4.69, 9.17) is 9.05 Å². The van der Waals surface area contributed by atoms with Gasteiger partial charge in [-0.3, -0.25) is 13.8 Å². The predicted octanol–water partition coefficient (Wildman–Crippen LogP) is 8.59.